The molecule has 21 heavy (non-hydrogen) atoms. The maximum Gasteiger partial charge on any atom is 0.168 e. The Labute approximate surface area is 125 Å². The van der Waals surface area contributed by atoms with Gasteiger partial charge in [-0.25, -0.2) is 0 Å². The lowest BCUT2D eigenvalue weighted by Crippen LogP contribution is -2.43. The molecule has 0 saturated carbocycles. The van der Waals surface area contributed by atoms with E-state index in [2.05, 4.69) is 10.2 Å². The monoisotopic (exact) mass is 290 g/mol. The van der Waals surface area contributed by atoms with Gasteiger partial charge in [0.05, 0.1) is 20.3 Å². The fourth-order valence-electron chi connectivity index (χ4n) is 3.64. The van der Waals surface area contributed by atoms with Crippen LogP contribution in [0.5, 0.6) is 17.2 Å². The number of hydrogen-bond acceptors (Lipinski definition) is 5. The van der Waals surface area contributed by atoms with E-state index >= 15 is 0 Å². The van der Waals surface area contributed by atoms with Crippen LogP contribution in [0.1, 0.15) is 16.7 Å². The van der Waals surface area contributed by atoms with Crippen molar-refractivity contribution in [3.05, 3.63) is 16.7 Å². The number of nitrogens with one attached hydrogen (secondary N) is 1. The van der Waals surface area contributed by atoms with E-state index in [1.165, 1.54) is 16.7 Å². The molecular weight excluding hydrogens is 268 g/mol. The van der Waals surface area contributed by atoms with E-state index in [1.807, 2.05) is 0 Å². The molecule has 0 radical (unpaired) electrons. The summed E-state index contributed by atoms with van der Waals surface area (Å²) in [5, 5.41) is 3.41. The van der Waals surface area contributed by atoms with Crippen molar-refractivity contribution in [2.24, 2.45) is 0 Å². The van der Waals surface area contributed by atoms with Crippen LogP contribution in [0.4, 0.5) is 0 Å². The average Bonchev–Trinajstić information content (AvgIpc) is 3.17. The van der Waals surface area contributed by atoms with Gasteiger partial charge in [0.2, 0.25) is 0 Å². The number of fused-ring (bicyclic) bond motifs is 2. The van der Waals surface area contributed by atoms with E-state index in [0.717, 1.165) is 76.0 Å². The Bertz CT molecular complexity index is 518. The van der Waals surface area contributed by atoms with E-state index in [-0.39, 0.29) is 0 Å². The first-order chi connectivity index (χ1) is 10.4. The van der Waals surface area contributed by atoms with E-state index in [1.54, 1.807) is 7.11 Å². The predicted molar refractivity (Wildman–Crippen MR) is 79.5 cm³/mol. The lowest BCUT2D eigenvalue weighted by Gasteiger charge is -2.28. The number of rotatable bonds is 3. The molecule has 1 saturated heterocycles. The molecule has 0 spiro atoms. The van der Waals surface area contributed by atoms with Gasteiger partial charge in [-0.1, -0.05) is 0 Å². The van der Waals surface area contributed by atoms with E-state index in [9.17, 15) is 0 Å². The Morgan fingerprint density at radius 1 is 1.05 bits per heavy atom. The standard InChI is InChI=1S/C16H22N2O3/c1-19-15-12-3-9-20-14(12)13(11-2-8-21-16(11)15)10-18-6-4-17-5-7-18/h17H,2-10H2,1H3. The van der Waals surface area contributed by atoms with E-state index in [4.69, 9.17) is 14.2 Å². The maximum absolute atomic E-state index is 5.96. The number of hydrogen-bond donors (Lipinski definition) is 1. The van der Waals surface area contributed by atoms with Crippen LogP contribution in [-0.4, -0.2) is 51.4 Å². The smallest absolute Gasteiger partial charge is 0.168 e. The van der Waals surface area contributed by atoms with Crippen molar-refractivity contribution in [2.45, 2.75) is 19.4 Å². The van der Waals surface area contributed by atoms with Crippen LogP contribution in [0.25, 0.3) is 0 Å². The van der Waals surface area contributed by atoms with Crippen LogP contribution in [0.2, 0.25) is 0 Å². The Balaban J connectivity index is 1.76. The zero-order chi connectivity index (χ0) is 14.2. The molecule has 0 amide bonds. The van der Waals surface area contributed by atoms with Crippen LogP contribution in [0.3, 0.4) is 0 Å². The molecule has 114 valence electrons. The highest BCUT2D eigenvalue weighted by atomic mass is 16.5. The normalized spacial score (nSPS) is 20.6. The molecule has 4 rings (SSSR count). The van der Waals surface area contributed by atoms with E-state index < -0.39 is 0 Å². The first kappa shape index (κ1) is 13.2. The van der Waals surface area contributed by atoms with Crippen LogP contribution in [0.15, 0.2) is 0 Å². The van der Waals surface area contributed by atoms with Crippen molar-refractivity contribution in [1.82, 2.24) is 10.2 Å². The molecule has 1 aromatic rings. The van der Waals surface area contributed by atoms with Gasteiger partial charge in [-0.3, -0.25) is 4.90 Å². The second kappa shape index (κ2) is 5.39. The second-order valence-electron chi connectivity index (χ2n) is 5.85. The van der Waals surface area contributed by atoms with Gasteiger partial charge in [0, 0.05) is 62.3 Å². The molecule has 5 heteroatoms. The van der Waals surface area contributed by atoms with Crippen LogP contribution in [-0.2, 0) is 19.4 Å². The van der Waals surface area contributed by atoms with Crippen LogP contribution < -0.4 is 19.5 Å². The predicted octanol–water partition coefficient (Wildman–Crippen LogP) is 0.970. The molecule has 0 aromatic heterocycles. The van der Waals surface area contributed by atoms with Gasteiger partial charge in [-0.2, -0.15) is 0 Å². The van der Waals surface area contributed by atoms with Crippen molar-refractivity contribution < 1.29 is 14.2 Å². The molecule has 5 nitrogen and oxygen atoms in total. The van der Waals surface area contributed by atoms with Gasteiger partial charge in [0.1, 0.15) is 5.75 Å². The molecule has 0 atom stereocenters. The van der Waals surface area contributed by atoms with Crippen molar-refractivity contribution in [2.75, 3.05) is 46.5 Å². The number of benzene rings is 1. The number of nitrogens with zero attached hydrogens (tertiary/aromatic N) is 1. The summed E-state index contributed by atoms with van der Waals surface area (Å²) in [6.45, 7) is 6.79. The molecule has 1 fully saturated rings. The number of methoxy groups -OCH3 is 1. The molecular formula is C16H22N2O3. The fourth-order valence-corrected chi connectivity index (χ4v) is 3.64. The van der Waals surface area contributed by atoms with Crippen LogP contribution in [0, 0.1) is 0 Å². The first-order valence-corrected chi connectivity index (χ1v) is 7.81. The third kappa shape index (κ3) is 2.15. The largest absolute Gasteiger partial charge is 0.492 e. The second-order valence-corrected chi connectivity index (χ2v) is 5.85. The van der Waals surface area contributed by atoms with Gasteiger partial charge in [-0.15, -0.1) is 0 Å². The molecule has 3 heterocycles. The zero-order valence-electron chi connectivity index (χ0n) is 12.5. The Morgan fingerprint density at radius 3 is 2.52 bits per heavy atom. The third-order valence-corrected chi connectivity index (χ3v) is 4.66. The summed E-state index contributed by atoms with van der Waals surface area (Å²) in [6, 6.07) is 0. The quantitative estimate of drug-likeness (QED) is 0.898. The highest BCUT2D eigenvalue weighted by Crippen LogP contribution is 2.49. The summed E-state index contributed by atoms with van der Waals surface area (Å²) in [5.41, 5.74) is 3.83. The van der Waals surface area contributed by atoms with Gasteiger partial charge >= 0.3 is 0 Å². The molecule has 1 aromatic carbocycles. The zero-order valence-corrected chi connectivity index (χ0v) is 12.5. The summed E-state index contributed by atoms with van der Waals surface area (Å²) in [7, 11) is 1.73. The average molecular weight is 290 g/mol. The van der Waals surface area contributed by atoms with Crippen LogP contribution >= 0.6 is 0 Å². The van der Waals surface area contributed by atoms with Crippen molar-refractivity contribution >= 4 is 0 Å². The maximum atomic E-state index is 5.96. The van der Waals surface area contributed by atoms with Crippen molar-refractivity contribution in [1.29, 1.82) is 0 Å². The van der Waals surface area contributed by atoms with Crippen molar-refractivity contribution in [3.8, 4) is 17.2 Å². The number of ether oxygens (including phenoxy) is 3. The summed E-state index contributed by atoms with van der Waals surface area (Å²) < 4.78 is 17.4. The summed E-state index contributed by atoms with van der Waals surface area (Å²) in [5.74, 6) is 2.93. The highest BCUT2D eigenvalue weighted by Gasteiger charge is 2.32. The minimum atomic E-state index is 0.753. The molecule has 0 unspecified atom stereocenters. The Kier molecular flexibility index (Phi) is 3.39. The molecule has 0 bridgehead atoms. The minimum absolute atomic E-state index is 0.753. The molecule has 1 N–H and O–H groups in total. The number of piperazine rings is 1. The Hall–Kier alpha value is -1.46. The lowest BCUT2D eigenvalue weighted by atomic mass is 9.97. The lowest BCUT2D eigenvalue weighted by molar-refractivity contribution is 0.228. The van der Waals surface area contributed by atoms with Gasteiger partial charge in [-0.05, 0) is 0 Å². The summed E-state index contributed by atoms with van der Waals surface area (Å²) >= 11 is 0. The SMILES string of the molecule is COc1c2c(c(CN3CCNCC3)c3c1OCC3)OCC2. The Morgan fingerprint density at radius 2 is 1.76 bits per heavy atom. The van der Waals surface area contributed by atoms with Gasteiger partial charge in [0.25, 0.3) is 0 Å². The van der Waals surface area contributed by atoms with E-state index in [0.29, 0.717) is 0 Å². The molecule has 0 aliphatic carbocycles. The molecule has 3 aliphatic heterocycles. The first-order valence-electron chi connectivity index (χ1n) is 7.81. The summed E-state index contributed by atoms with van der Waals surface area (Å²) in [6.07, 6.45) is 1.88. The third-order valence-electron chi connectivity index (χ3n) is 4.66. The molecule has 3 aliphatic rings. The fraction of sp³-hybridized carbons (Fsp3) is 0.625. The highest BCUT2D eigenvalue weighted by molar-refractivity contribution is 5.65. The van der Waals surface area contributed by atoms with Gasteiger partial charge < -0.3 is 19.5 Å². The minimum Gasteiger partial charge on any atom is -0.492 e. The topological polar surface area (TPSA) is 43.0 Å². The van der Waals surface area contributed by atoms with Crippen molar-refractivity contribution in [3.63, 3.8) is 0 Å². The van der Waals surface area contributed by atoms with Gasteiger partial charge in [0.15, 0.2) is 11.5 Å². The summed E-state index contributed by atoms with van der Waals surface area (Å²) in [4.78, 5) is 2.50.